The van der Waals surface area contributed by atoms with Crippen molar-refractivity contribution in [3.63, 3.8) is 0 Å². The van der Waals surface area contributed by atoms with Crippen LogP contribution in [0.1, 0.15) is 132 Å². The number of rotatable bonds is 29. The van der Waals surface area contributed by atoms with Crippen LogP contribution in [0.2, 0.25) is 0 Å². The van der Waals surface area contributed by atoms with Crippen molar-refractivity contribution in [2.45, 2.75) is 154 Å². The maximum Gasteiger partial charge on any atom is 0.417 e. The summed E-state index contributed by atoms with van der Waals surface area (Å²) in [6.07, 6.45) is 3.19. The van der Waals surface area contributed by atoms with E-state index in [0.717, 1.165) is 34.6 Å². The van der Waals surface area contributed by atoms with Crippen molar-refractivity contribution in [1.29, 1.82) is 0 Å². The van der Waals surface area contributed by atoms with Gasteiger partial charge in [0, 0.05) is 56.2 Å². The number of nitrogens with two attached hydrogens (primary N) is 1. The van der Waals surface area contributed by atoms with Gasteiger partial charge in [0.15, 0.2) is 35.5 Å². The second-order valence-corrected chi connectivity index (χ2v) is 25.2. The first-order valence-electron chi connectivity index (χ1n) is 31.8. The lowest BCUT2D eigenvalue weighted by Gasteiger charge is -2.33. The van der Waals surface area contributed by atoms with Gasteiger partial charge in [0.2, 0.25) is 11.8 Å². The van der Waals surface area contributed by atoms with Crippen LogP contribution in [0.5, 0.6) is 23.0 Å². The molecule has 3 aromatic carbocycles. The van der Waals surface area contributed by atoms with Crippen molar-refractivity contribution in [2.24, 2.45) is 11.7 Å². The average molecular weight is 1320 g/mol. The monoisotopic (exact) mass is 1320 g/mol. The van der Waals surface area contributed by atoms with E-state index in [1.54, 1.807) is 45.0 Å². The highest BCUT2D eigenvalue weighted by Crippen LogP contribution is 2.44. The molecule has 0 unspecified atom stereocenters. The first-order valence-corrected chi connectivity index (χ1v) is 31.8. The molecule has 0 spiro atoms. The molecule has 6 atom stereocenters. The quantitative estimate of drug-likeness (QED) is 0.0254. The Morgan fingerprint density at radius 1 is 0.674 bits per heavy atom. The van der Waals surface area contributed by atoms with Gasteiger partial charge in [-0.3, -0.25) is 33.7 Å². The number of carbonyl (C=O) groups is 9. The molecule has 0 aliphatic carbocycles. The zero-order valence-electron chi connectivity index (χ0n) is 55.0. The predicted molar refractivity (Wildman–Crippen MR) is 350 cm³/mol. The van der Waals surface area contributed by atoms with Gasteiger partial charge in [-0.05, 0) is 121 Å². The Kier molecular flexibility index (Phi) is 25.2. The maximum absolute atomic E-state index is 14.4. The lowest BCUT2D eigenvalue weighted by molar-refractivity contribution is -0.137. The number of fused-ring (bicyclic) bond motifs is 4. The fraction of sp³-hybridized carbons (Fsp3) is 0.507. The number of nitrogens with one attached hydrogen (secondary N) is 4. The van der Waals surface area contributed by atoms with Crippen molar-refractivity contribution in [1.82, 2.24) is 30.7 Å². The topological polar surface area (TPSA) is 371 Å². The first-order chi connectivity index (χ1) is 44.8. The Hall–Kier alpha value is -9.25. The van der Waals surface area contributed by atoms with Crippen molar-refractivity contribution in [3.8, 4) is 23.0 Å². The molecule has 8 rings (SSSR count). The fourth-order valence-electron chi connectivity index (χ4n) is 11.9. The molecule has 0 aromatic heterocycles. The summed E-state index contributed by atoms with van der Waals surface area (Å²) >= 11 is 0. The van der Waals surface area contributed by atoms with Gasteiger partial charge < -0.3 is 80.9 Å². The molecule has 95 heavy (non-hydrogen) atoms. The number of ether oxygens (including phenoxy) is 6. The fourth-order valence-corrected chi connectivity index (χ4v) is 11.9. The molecule has 0 saturated carbocycles. The summed E-state index contributed by atoms with van der Waals surface area (Å²) in [6, 6.07) is 8.33. The number of nitrogens with zero attached hydrogens (tertiary/aromatic N) is 5. The Bertz CT molecular complexity index is 3370. The van der Waals surface area contributed by atoms with E-state index in [1.165, 1.54) is 65.3 Å². The highest BCUT2D eigenvalue weighted by molar-refractivity contribution is 6.13. The number of methoxy groups -OCH3 is 2. The number of hydrogen-bond acceptors (Lipinski definition) is 18. The third-order valence-corrected chi connectivity index (χ3v) is 16.7. The maximum atomic E-state index is 14.4. The Labute approximate surface area is 552 Å². The van der Waals surface area contributed by atoms with Gasteiger partial charge in [0.1, 0.15) is 18.2 Å². The highest BCUT2D eigenvalue weighted by atomic mass is 16.6. The number of aliphatic hydroxyl groups excluding tert-OH is 2. The van der Waals surface area contributed by atoms with Gasteiger partial charge in [-0.1, -0.05) is 63.1 Å². The number of imide groups is 1. The summed E-state index contributed by atoms with van der Waals surface area (Å²) in [5, 5.41) is 35.2. The number of carbonyl (C=O) groups excluding carboxylic acids is 9. The summed E-state index contributed by atoms with van der Waals surface area (Å²) < 4.78 is 35.4. The zero-order chi connectivity index (χ0) is 68.1. The molecule has 10 amide bonds. The molecule has 5 aliphatic rings. The van der Waals surface area contributed by atoms with E-state index in [9.17, 15) is 53.4 Å². The van der Waals surface area contributed by atoms with Gasteiger partial charge in [0.05, 0.1) is 68.1 Å². The Balaban J connectivity index is 0.0000128. The number of hydrogen-bond donors (Lipinski definition) is 7. The van der Waals surface area contributed by atoms with Crippen LogP contribution < -0.4 is 55.7 Å². The van der Waals surface area contributed by atoms with E-state index in [1.807, 2.05) is 13.8 Å². The first kappa shape index (κ1) is 73.2. The largest absolute Gasteiger partial charge is 0.493 e. The summed E-state index contributed by atoms with van der Waals surface area (Å²) in [6.45, 7) is 18.4. The Morgan fingerprint density at radius 2 is 1.19 bits per heavy atom. The number of aliphatic hydroxyl groups is 2. The lowest BCUT2D eigenvalue weighted by Crippen LogP contribution is -2.53. The third-order valence-electron chi connectivity index (χ3n) is 16.7. The van der Waals surface area contributed by atoms with Gasteiger partial charge in [-0.15, -0.1) is 0 Å². The number of benzene rings is 3. The van der Waals surface area contributed by atoms with Gasteiger partial charge in [-0.25, -0.2) is 24.2 Å². The molecule has 516 valence electrons. The number of amides is 10. The van der Waals surface area contributed by atoms with Crippen LogP contribution >= 0.6 is 0 Å². The van der Waals surface area contributed by atoms with Gasteiger partial charge in [0.25, 0.3) is 23.6 Å². The van der Waals surface area contributed by atoms with Crippen LogP contribution in [0, 0.1) is 5.92 Å². The molecule has 10 N–H and O–H groups in total. The summed E-state index contributed by atoms with van der Waals surface area (Å²) in [4.78, 5) is 126. The number of urea groups is 1. The lowest BCUT2D eigenvalue weighted by atomic mass is 10.0. The minimum atomic E-state index is -1.58. The number of primary amides is 1. The average Bonchev–Trinajstić information content (AvgIpc) is 1.62. The van der Waals surface area contributed by atoms with Crippen LogP contribution in [0.4, 0.5) is 31.4 Å². The van der Waals surface area contributed by atoms with E-state index in [0.29, 0.717) is 68.4 Å². The van der Waals surface area contributed by atoms with Crippen molar-refractivity contribution in [3.05, 3.63) is 102 Å². The van der Waals surface area contributed by atoms with Gasteiger partial charge in [-0.2, -0.15) is 0 Å². The second-order valence-electron chi connectivity index (χ2n) is 25.2. The van der Waals surface area contributed by atoms with E-state index in [4.69, 9.17) is 34.2 Å². The summed E-state index contributed by atoms with van der Waals surface area (Å²) in [7, 11) is 2.84. The van der Waals surface area contributed by atoms with Gasteiger partial charge >= 0.3 is 18.2 Å². The van der Waals surface area contributed by atoms with Crippen LogP contribution in [-0.2, 0) is 35.3 Å². The molecule has 5 heterocycles. The number of anilines is 3. The van der Waals surface area contributed by atoms with Crippen molar-refractivity contribution >= 4 is 70.7 Å². The molecule has 5 aliphatic heterocycles. The predicted octanol–water partition coefficient (Wildman–Crippen LogP) is 5.57. The molecule has 0 bridgehead atoms. The van der Waals surface area contributed by atoms with E-state index in [-0.39, 0.29) is 121 Å². The van der Waals surface area contributed by atoms with E-state index < -0.39 is 84.1 Å². The molecule has 2 saturated heterocycles. The molecule has 28 heteroatoms. The second kappa shape index (κ2) is 32.7. The molecule has 3 aromatic rings. The van der Waals surface area contributed by atoms with E-state index in [2.05, 4.69) is 34.4 Å². The molecular weight excluding hydrogens is 1230 g/mol. The highest BCUT2D eigenvalue weighted by Gasteiger charge is 2.48. The Morgan fingerprint density at radius 3 is 1.69 bits per heavy atom. The molecule has 2 fully saturated rings. The standard InChI is InChI=1S/C67H88N10O17.H2O/c1-39(2)57(69-25-13-10-11-14-27-73-55(78)23-24-56(73)79)59(81)72-46(18-17-26-70-64(68)86)58(80)71-43-21-19-42(20-22-43)38-93-65(87)76-47-34-53(51(89-8)32-44(47)60(82)74-36-40(3)30-49(74)62(76)84)91-28-15-12-16-29-92-54-35-48-45(33-52(54)90-9)61(83)75-37-41(4)31-50(75)63(85)77(48)66(88)94-67(5,6)7;/h19-24,32-35,39,46,49-50,57,62-63,69,84-85H,3-4,10-18,25-31,36-38H2,1-2,5-9H3,(H,71,80)(H,72,81)(H3,68,70,86);1H2/t46-,49-,50-,57-,62-,63-;/m0./s1. The molecular formula is C67H90N10O18. The smallest absolute Gasteiger partial charge is 0.417 e. The van der Waals surface area contributed by atoms with Crippen LogP contribution in [0.3, 0.4) is 0 Å². The molecule has 0 radical (unpaired) electrons. The minimum absolute atomic E-state index is 0. The minimum Gasteiger partial charge on any atom is -0.493 e. The van der Waals surface area contributed by atoms with E-state index >= 15 is 0 Å². The van der Waals surface area contributed by atoms with Crippen LogP contribution in [-0.4, -0.2) is 186 Å². The summed E-state index contributed by atoms with van der Waals surface area (Å²) in [5.74, 6) is -1.74. The number of unbranched alkanes of at least 4 members (excludes halogenated alkanes) is 5. The van der Waals surface area contributed by atoms with Crippen LogP contribution in [0.15, 0.2) is 85.0 Å². The zero-order valence-corrected chi connectivity index (χ0v) is 55.0. The third kappa shape index (κ3) is 18.2. The normalized spacial score (nSPS) is 18.8. The van der Waals surface area contributed by atoms with Crippen molar-refractivity contribution in [2.75, 3.05) is 75.3 Å². The van der Waals surface area contributed by atoms with Crippen LogP contribution in [0.25, 0.3) is 0 Å². The molecule has 28 nitrogen and oxygen atoms in total. The summed E-state index contributed by atoms with van der Waals surface area (Å²) in [5.41, 5.74) is 6.91. The SMILES string of the molecule is C=C1C[C@H]2[C@H](O)N(C(=O)OCc3ccc(NC(=O)[C@H](CCCNC(N)=O)NC(=O)[C@@H](NCCCCCCN4C(=O)C=CC4=O)C(C)C)cc3)c3cc(OCCCCCOc4cc5c(cc4OC)C(=O)N4CC(=C)C[C@H]4[C@H](O)N5C(=O)OC(C)(C)C)c(OC)cc3C(=O)N2C1.O. The van der Waals surface area contributed by atoms with Crippen molar-refractivity contribution < 1.29 is 87.3 Å².